The van der Waals surface area contributed by atoms with Crippen LogP contribution in [-0.2, 0) is 10.4 Å². The highest BCUT2D eigenvalue weighted by Crippen LogP contribution is 2.41. The average Bonchev–Trinajstić information content (AvgIpc) is 3.16. The van der Waals surface area contributed by atoms with Gasteiger partial charge in [-0.1, -0.05) is 43.2 Å². The molecule has 0 bridgehead atoms. The number of hydrogen-bond donors (Lipinski definition) is 1. The van der Waals surface area contributed by atoms with Crippen molar-refractivity contribution in [2.45, 2.75) is 56.5 Å². The van der Waals surface area contributed by atoms with Gasteiger partial charge in [-0.05, 0) is 55.7 Å². The number of likely N-dealkylation sites (tertiary alicyclic amines) is 2. The fourth-order valence-electron chi connectivity index (χ4n) is 5.11. The molecule has 2 aromatic rings. The molecule has 0 radical (unpaired) electrons. The van der Waals surface area contributed by atoms with Crippen LogP contribution >= 0.6 is 35.3 Å². The van der Waals surface area contributed by atoms with Gasteiger partial charge in [-0.2, -0.15) is 0 Å². The van der Waals surface area contributed by atoms with E-state index in [9.17, 15) is 9.90 Å². The zero-order valence-corrected chi connectivity index (χ0v) is 22.7. The summed E-state index contributed by atoms with van der Waals surface area (Å²) in [7, 11) is 1.66. The molecule has 0 saturated carbocycles. The van der Waals surface area contributed by atoms with Crippen LogP contribution in [0.15, 0.2) is 41.8 Å². The molecule has 7 heteroatoms. The van der Waals surface area contributed by atoms with Crippen molar-refractivity contribution in [3.63, 3.8) is 0 Å². The quantitative estimate of drug-likeness (QED) is 0.453. The van der Waals surface area contributed by atoms with Gasteiger partial charge in [-0.25, -0.2) is 0 Å². The largest absolute Gasteiger partial charge is 0.495 e. The van der Waals surface area contributed by atoms with E-state index in [4.69, 9.17) is 4.74 Å². The average molecular weight is 585 g/mol. The van der Waals surface area contributed by atoms with Gasteiger partial charge in [0.05, 0.1) is 17.9 Å². The van der Waals surface area contributed by atoms with Gasteiger partial charge in [0.2, 0.25) is 5.91 Å². The van der Waals surface area contributed by atoms with Crippen LogP contribution in [0.4, 0.5) is 0 Å². The van der Waals surface area contributed by atoms with E-state index in [0.29, 0.717) is 12.8 Å². The lowest BCUT2D eigenvalue weighted by atomic mass is 9.88. The SMILES string of the molecule is COc1ccsc1C1(O)CCN(CCC(C(=O)N2CCCCCC2)c2ccccc2)CC1.I. The number of carbonyl (C=O) groups is 1. The summed E-state index contributed by atoms with van der Waals surface area (Å²) < 4.78 is 5.45. The number of halogens is 1. The van der Waals surface area contributed by atoms with E-state index in [1.807, 2.05) is 29.6 Å². The van der Waals surface area contributed by atoms with Crippen LogP contribution in [0.1, 0.15) is 61.3 Å². The van der Waals surface area contributed by atoms with Crippen molar-refractivity contribution in [3.05, 3.63) is 52.2 Å². The number of methoxy groups -OCH3 is 1. The Morgan fingerprint density at radius 3 is 2.36 bits per heavy atom. The van der Waals surface area contributed by atoms with Crippen molar-refractivity contribution in [1.82, 2.24) is 9.80 Å². The van der Waals surface area contributed by atoms with Gasteiger partial charge in [-0.3, -0.25) is 4.79 Å². The first kappa shape index (κ1) is 26.4. The highest BCUT2D eigenvalue weighted by molar-refractivity contribution is 14.0. The molecule has 3 heterocycles. The second-order valence-corrected chi connectivity index (χ2v) is 10.1. The Bertz CT molecular complexity index is 859. The molecule has 2 saturated heterocycles. The fourth-order valence-corrected chi connectivity index (χ4v) is 6.13. The Labute approximate surface area is 219 Å². The van der Waals surface area contributed by atoms with E-state index in [1.165, 1.54) is 12.8 Å². The molecule has 4 rings (SSSR count). The molecular formula is C26H37IN2O3S. The first-order valence-corrected chi connectivity index (χ1v) is 12.9. The minimum atomic E-state index is -0.809. The topological polar surface area (TPSA) is 53.0 Å². The maximum atomic E-state index is 13.5. The molecular weight excluding hydrogens is 547 g/mol. The summed E-state index contributed by atoms with van der Waals surface area (Å²) in [6.45, 7) is 4.31. The summed E-state index contributed by atoms with van der Waals surface area (Å²) in [5, 5.41) is 13.2. The summed E-state index contributed by atoms with van der Waals surface area (Å²) >= 11 is 1.57. The van der Waals surface area contributed by atoms with Crippen LogP contribution in [0.3, 0.4) is 0 Å². The molecule has 1 amide bonds. The third-order valence-corrected chi connectivity index (χ3v) is 8.20. The molecule has 0 aliphatic carbocycles. The van der Waals surface area contributed by atoms with Crippen LogP contribution in [0.5, 0.6) is 5.75 Å². The Morgan fingerprint density at radius 1 is 1.06 bits per heavy atom. The van der Waals surface area contributed by atoms with Gasteiger partial charge in [0.25, 0.3) is 0 Å². The van der Waals surface area contributed by atoms with E-state index >= 15 is 0 Å². The molecule has 0 spiro atoms. The third-order valence-electron chi connectivity index (χ3n) is 7.11. The number of benzene rings is 1. The first-order chi connectivity index (χ1) is 15.6. The number of carbonyl (C=O) groups excluding carboxylic acids is 1. The molecule has 182 valence electrons. The molecule has 2 fully saturated rings. The smallest absolute Gasteiger partial charge is 0.230 e. The molecule has 1 N–H and O–H groups in total. The van der Waals surface area contributed by atoms with Crippen molar-refractivity contribution in [2.24, 2.45) is 0 Å². The Morgan fingerprint density at radius 2 is 1.73 bits per heavy atom. The Kier molecular flexibility index (Phi) is 10.0. The zero-order chi connectivity index (χ0) is 22.4. The van der Waals surface area contributed by atoms with Crippen molar-refractivity contribution >= 4 is 41.2 Å². The number of amides is 1. The van der Waals surface area contributed by atoms with Crippen molar-refractivity contribution < 1.29 is 14.6 Å². The number of rotatable bonds is 7. The summed E-state index contributed by atoms with van der Waals surface area (Å²) in [5.74, 6) is 0.987. The van der Waals surface area contributed by atoms with E-state index < -0.39 is 5.60 Å². The second kappa shape index (κ2) is 12.5. The predicted molar refractivity (Wildman–Crippen MR) is 145 cm³/mol. The van der Waals surface area contributed by atoms with Crippen LogP contribution in [0, 0.1) is 0 Å². The summed E-state index contributed by atoms with van der Waals surface area (Å²) in [4.78, 5) is 19.0. The van der Waals surface area contributed by atoms with Crippen molar-refractivity contribution in [1.29, 1.82) is 0 Å². The summed E-state index contributed by atoms with van der Waals surface area (Å²) in [6, 6.07) is 12.2. The van der Waals surface area contributed by atoms with Crippen molar-refractivity contribution in [2.75, 3.05) is 39.8 Å². The lowest BCUT2D eigenvalue weighted by Gasteiger charge is -2.38. The van der Waals surface area contributed by atoms with Crippen LogP contribution in [0.25, 0.3) is 0 Å². The summed E-state index contributed by atoms with van der Waals surface area (Å²) in [6.07, 6.45) is 6.89. The lowest BCUT2D eigenvalue weighted by molar-refractivity contribution is -0.133. The predicted octanol–water partition coefficient (Wildman–Crippen LogP) is 5.23. The van der Waals surface area contributed by atoms with Crippen LogP contribution in [0.2, 0.25) is 0 Å². The molecule has 2 aliphatic heterocycles. The van der Waals surface area contributed by atoms with E-state index in [2.05, 4.69) is 21.9 Å². The van der Waals surface area contributed by atoms with Gasteiger partial charge in [-0.15, -0.1) is 35.3 Å². The van der Waals surface area contributed by atoms with E-state index in [1.54, 1.807) is 18.4 Å². The maximum Gasteiger partial charge on any atom is 0.230 e. The number of thiophene rings is 1. The zero-order valence-electron chi connectivity index (χ0n) is 19.6. The molecule has 2 aliphatic rings. The molecule has 1 aromatic heterocycles. The number of piperidine rings is 1. The second-order valence-electron chi connectivity index (χ2n) is 9.18. The van der Waals surface area contributed by atoms with Gasteiger partial charge < -0.3 is 19.6 Å². The minimum Gasteiger partial charge on any atom is -0.495 e. The van der Waals surface area contributed by atoms with E-state index in [-0.39, 0.29) is 35.8 Å². The third kappa shape index (κ3) is 6.50. The summed E-state index contributed by atoms with van der Waals surface area (Å²) in [5.41, 5.74) is 0.315. The van der Waals surface area contributed by atoms with Crippen molar-refractivity contribution in [3.8, 4) is 5.75 Å². The number of nitrogens with zero attached hydrogens (tertiary/aromatic N) is 2. The number of aliphatic hydroxyl groups is 1. The van der Waals surface area contributed by atoms with Gasteiger partial charge in [0, 0.05) is 26.2 Å². The standard InChI is InChI=1S/C26H36N2O3S.HI/c1-31-23-12-20-32-24(23)26(30)13-18-27(19-14-26)17-11-22(21-9-5-4-6-10-21)25(29)28-15-7-2-3-8-16-28;/h4-6,9-10,12,20,22,30H,2-3,7-8,11,13-19H2,1H3;1H. The normalized spacial score (nSPS) is 19.9. The van der Waals surface area contributed by atoms with E-state index in [0.717, 1.165) is 68.2 Å². The monoisotopic (exact) mass is 584 g/mol. The van der Waals surface area contributed by atoms with Gasteiger partial charge >= 0.3 is 0 Å². The Balaban J connectivity index is 0.00000306. The molecule has 1 unspecified atom stereocenters. The number of hydrogen-bond acceptors (Lipinski definition) is 5. The first-order valence-electron chi connectivity index (χ1n) is 12.0. The highest BCUT2D eigenvalue weighted by Gasteiger charge is 2.37. The van der Waals surface area contributed by atoms with Crippen LogP contribution < -0.4 is 4.74 Å². The molecule has 33 heavy (non-hydrogen) atoms. The molecule has 5 nitrogen and oxygen atoms in total. The highest BCUT2D eigenvalue weighted by atomic mass is 127. The molecule has 1 aromatic carbocycles. The lowest BCUT2D eigenvalue weighted by Crippen LogP contribution is -2.43. The Hall–Kier alpha value is -1.16. The maximum absolute atomic E-state index is 13.5. The van der Waals surface area contributed by atoms with Gasteiger partial charge in [0.1, 0.15) is 11.4 Å². The van der Waals surface area contributed by atoms with Crippen LogP contribution in [-0.4, -0.2) is 60.6 Å². The van der Waals surface area contributed by atoms with Gasteiger partial charge in [0.15, 0.2) is 0 Å². The fraction of sp³-hybridized carbons (Fsp3) is 0.577. The molecule has 1 atom stereocenters. The number of ether oxygens (including phenoxy) is 1. The minimum absolute atomic E-state index is 0.